The number of nitrogens with two attached hydrogens (primary N) is 1. The summed E-state index contributed by atoms with van der Waals surface area (Å²) >= 11 is 0. The largest absolute Gasteiger partial charge is 0.451 e. The highest BCUT2D eigenvalue weighted by Gasteiger charge is 2.38. The molecule has 0 aliphatic rings. The summed E-state index contributed by atoms with van der Waals surface area (Å²) in [5.41, 5.74) is 5.00. The number of nitrogens with zero attached hydrogens (tertiary/aromatic N) is 4. The number of anilines is 2. The van der Waals surface area contributed by atoms with E-state index in [-0.39, 0.29) is 24.1 Å². The molecule has 0 amide bonds. The van der Waals surface area contributed by atoms with Crippen molar-refractivity contribution in [1.29, 1.82) is 0 Å². The van der Waals surface area contributed by atoms with Crippen LogP contribution in [0.5, 0.6) is 0 Å². The lowest BCUT2D eigenvalue weighted by Crippen LogP contribution is -2.12. The van der Waals surface area contributed by atoms with Crippen LogP contribution in [-0.4, -0.2) is 19.9 Å². The second kappa shape index (κ2) is 4.47. The molecule has 0 atom stereocenters. The Balaban J connectivity index is 2.09. The first kappa shape index (κ1) is 12.1. The highest BCUT2D eigenvalue weighted by molar-refractivity contribution is 5.30. The van der Waals surface area contributed by atoms with Crippen molar-refractivity contribution in [3.8, 4) is 0 Å². The summed E-state index contributed by atoms with van der Waals surface area (Å²) in [6.45, 7) is -0.241. The first-order chi connectivity index (χ1) is 8.47. The minimum atomic E-state index is -4.59. The van der Waals surface area contributed by atoms with Crippen molar-refractivity contribution in [1.82, 2.24) is 19.9 Å². The van der Waals surface area contributed by atoms with Crippen molar-refractivity contribution in [2.75, 3.05) is 11.1 Å². The maximum Gasteiger partial charge on any atom is 0.451 e. The molecule has 0 aromatic carbocycles. The van der Waals surface area contributed by atoms with E-state index >= 15 is 0 Å². The molecule has 2 rings (SSSR count). The molecule has 10 heteroatoms. The number of aromatic nitrogens is 4. The Morgan fingerprint density at radius 3 is 2.72 bits per heavy atom. The second-order valence-electron chi connectivity index (χ2n) is 3.15. The minimum Gasteiger partial charge on any atom is -0.439 e. The first-order valence-corrected chi connectivity index (χ1v) is 4.65. The number of oxazole rings is 1. The van der Waals surface area contributed by atoms with E-state index in [4.69, 9.17) is 5.73 Å². The molecule has 2 heterocycles. The number of nitrogens with one attached hydrogen (secondary N) is 1. The third kappa shape index (κ3) is 2.64. The molecule has 0 spiro atoms. The lowest BCUT2D eigenvalue weighted by Gasteiger charge is -2.06. The van der Waals surface area contributed by atoms with E-state index in [0.29, 0.717) is 0 Å². The Morgan fingerprint density at radius 2 is 2.06 bits per heavy atom. The maximum absolute atomic E-state index is 12.4. The van der Waals surface area contributed by atoms with E-state index in [1.165, 1.54) is 0 Å². The van der Waals surface area contributed by atoms with Crippen LogP contribution in [0.1, 0.15) is 11.5 Å². The lowest BCUT2D eigenvalue weighted by molar-refractivity contribution is -0.153. The van der Waals surface area contributed by atoms with Crippen LogP contribution < -0.4 is 11.1 Å². The molecular formula is C8H7F3N6O. The van der Waals surface area contributed by atoms with Gasteiger partial charge in [0.1, 0.15) is 12.0 Å². The molecule has 2 aromatic heterocycles. The highest BCUT2D eigenvalue weighted by atomic mass is 19.4. The monoisotopic (exact) mass is 260 g/mol. The molecule has 0 saturated carbocycles. The van der Waals surface area contributed by atoms with Gasteiger partial charge in [0.15, 0.2) is 6.39 Å². The number of halogens is 3. The van der Waals surface area contributed by atoms with Gasteiger partial charge in [0.25, 0.3) is 0 Å². The predicted molar refractivity (Wildman–Crippen MR) is 53.1 cm³/mol. The van der Waals surface area contributed by atoms with E-state index in [2.05, 4.69) is 29.7 Å². The number of alkyl halides is 3. The van der Waals surface area contributed by atoms with E-state index in [0.717, 1.165) is 12.7 Å². The molecule has 0 radical (unpaired) electrons. The molecule has 2 aromatic rings. The summed E-state index contributed by atoms with van der Waals surface area (Å²) in [6, 6.07) is 0. The highest BCUT2D eigenvalue weighted by Crippen LogP contribution is 2.31. The van der Waals surface area contributed by atoms with E-state index < -0.39 is 11.9 Å². The number of hydrogen-bond acceptors (Lipinski definition) is 7. The molecule has 0 unspecified atom stereocenters. The van der Waals surface area contributed by atoms with Gasteiger partial charge >= 0.3 is 6.18 Å². The van der Waals surface area contributed by atoms with Gasteiger partial charge in [0.05, 0.1) is 6.54 Å². The first-order valence-electron chi connectivity index (χ1n) is 4.65. The summed E-state index contributed by atoms with van der Waals surface area (Å²) in [5.74, 6) is -1.14. The van der Waals surface area contributed by atoms with Crippen molar-refractivity contribution in [2.24, 2.45) is 0 Å². The SMILES string of the molecule is Nc1ncnc(NCc2ncoc2C(F)(F)F)n1. The van der Waals surface area contributed by atoms with Crippen LogP contribution in [-0.2, 0) is 12.7 Å². The molecule has 0 aliphatic heterocycles. The molecule has 0 bridgehead atoms. The van der Waals surface area contributed by atoms with Crippen LogP contribution in [0.15, 0.2) is 17.1 Å². The van der Waals surface area contributed by atoms with Gasteiger partial charge in [-0.3, -0.25) is 0 Å². The smallest absolute Gasteiger partial charge is 0.439 e. The Hall–Kier alpha value is -2.39. The zero-order valence-corrected chi connectivity index (χ0v) is 8.77. The van der Waals surface area contributed by atoms with Crippen LogP contribution >= 0.6 is 0 Å². The van der Waals surface area contributed by atoms with Gasteiger partial charge in [0.2, 0.25) is 17.7 Å². The average molecular weight is 260 g/mol. The summed E-state index contributed by atoms with van der Waals surface area (Å²) in [4.78, 5) is 14.4. The van der Waals surface area contributed by atoms with E-state index in [1.807, 2.05) is 0 Å². The van der Waals surface area contributed by atoms with Gasteiger partial charge in [-0.15, -0.1) is 0 Å². The van der Waals surface area contributed by atoms with Gasteiger partial charge in [0, 0.05) is 0 Å². The van der Waals surface area contributed by atoms with Gasteiger partial charge in [-0.05, 0) is 0 Å². The molecule has 3 N–H and O–H groups in total. The molecule has 0 saturated heterocycles. The Kier molecular flexibility index (Phi) is 3.00. The zero-order valence-electron chi connectivity index (χ0n) is 8.77. The Labute approximate surface area is 98.3 Å². The van der Waals surface area contributed by atoms with Crippen molar-refractivity contribution in [2.45, 2.75) is 12.7 Å². The molecule has 18 heavy (non-hydrogen) atoms. The molecular weight excluding hydrogens is 253 g/mol. The van der Waals surface area contributed by atoms with Gasteiger partial charge in [-0.1, -0.05) is 0 Å². The molecule has 0 aliphatic carbocycles. The normalized spacial score (nSPS) is 11.5. The summed E-state index contributed by atoms with van der Waals surface area (Å²) in [6.07, 6.45) is -2.73. The van der Waals surface area contributed by atoms with Crippen LogP contribution in [0.2, 0.25) is 0 Å². The van der Waals surface area contributed by atoms with Crippen molar-refractivity contribution in [3.05, 3.63) is 24.2 Å². The number of nitrogen functional groups attached to an aromatic ring is 1. The molecule has 7 nitrogen and oxygen atoms in total. The predicted octanol–water partition coefficient (Wildman–Crippen LogP) is 1.07. The third-order valence-electron chi connectivity index (χ3n) is 1.90. The fraction of sp³-hybridized carbons (Fsp3) is 0.250. The minimum absolute atomic E-state index is 0.0382. The fourth-order valence-electron chi connectivity index (χ4n) is 1.18. The van der Waals surface area contributed by atoms with Crippen molar-refractivity contribution >= 4 is 11.9 Å². The maximum atomic E-state index is 12.4. The summed E-state index contributed by atoms with van der Waals surface area (Å²) in [7, 11) is 0. The second-order valence-corrected chi connectivity index (χ2v) is 3.15. The van der Waals surface area contributed by atoms with E-state index in [1.54, 1.807) is 0 Å². The number of rotatable bonds is 3. The Morgan fingerprint density at radius 1 is 1.28 bits per heavy atom. The molecule has 96 valence electrons. The van der Waals surface area contributed by atoms with Gasteiger partial charge in [-0.25, -0.2) is 15.0 Å². The summed E-state index contributed by atoms with van der Waals surface area (Å²) in [5, 5.41) is 2.54. The lowest BCUT2D eigenvalue weighted by atomic mass is 10.3. The average Bonchev–Trinajstić information content (AvgIpc) is 2.74. The van der Waals surface area contributed by atoms with Crippen LogP contribution in [0.3, 0.4) is 0 Å². The van der Waals surface area contributed by atoms with Crippen LogP contribution in [0, 0.1) is 0 Å². The zero-order chi connectivity index (χ0) is 13.2. The van der Waals surface area contributed by atoms with E-state index in [9.17, 15) is 13.2 Å². The quantitative estimate of drug-likeness (QED) is 0.850. The third-order valence-corrected chi connectivity index (χ3v) is 1.90. The molecule has 0 fully saturated rings. The fourth-order valence-corrected chi connectivity index (χ4v) is 1.18. The van der Waals surface area contributed by atoms with Gasteiger partial charge in [-0.2, -0.15) is 18.2 Å². The van der Waals surface area contributed by atoms with Crippen molar-refractivity contribution < 1.29 is 17.6 Å². The number of hydrogen-bond donors (Lipinski definition) is 2. The van der Waals surface area contributed by atoms with Crippen LogP contribution in [0.4, 0.5) is 25.1 Å². The van der Waals surface area contributed by atoms with Crippen molar-refractivity contribution in [3.63, 3.8) is 0 Å². The topological polar surface area (TPSA) is 103 Å². The van der Waals surface area contributed by atoms with Crippen LogP contribution in [0.25, 0.3) is 0 Å². The Bertz CT molecular complexity index is 540. The standard InChI is InChI=1S/C8H7F3N6O/c9-8(10,11)5-4(16-3-18-5)1-13-7-15-2-14-6(12)17-7/h2-3H,1H2,(H3,12,13,14,15,17). The van der Waals surface area contributed by atoms with Gasteiger partial charge < -0.3 is 15.5 Å². The summed E-state index contributed by atoms with van der Waals surface area (Å²) < 4.78 is 41.6.